The number of nitrogens with zero attached hydrogens (tertiary/aromatic N) is 4. The number of hydrogen-bond donors (Lipinski definition) is 0. The van der Waals surface area contributed by atoms with Crippen LogP contribution >= 0.6 is 0 Å². The molecule has 4 nitrogen and oxygen atoms in total. The van der Waals surface area contributed by atoms with Crippen LogP contribution in [0.1, 0.15) is 22.3 Å². The molecule has 0 aromatic carbocycles. The highest BCUT2D eigenvalue weighted by atomic mass is 14.8. The Morgan fingerprint density at radius 1 is 0.556 bits per heavy atom. The van der Waals surface area contributed by atoms with Gasteiger partial charge in [-0.25, -0.2) is 0 Å². The maximum atomic E-state index is 4.69. The second-order valence-electron chi connectivity index (χ2n) is 6.95. The molecule has 0 spiro atoms. The van der Waals surface area contributed by atoms with Gasteiger partial charge in [0.2, 0.25) is 0 Å². The molecule has 1 aliphatic carbocycles. The van der Waals surface area contributed by atoms with Crippen LogP contribution in [0.25, 0.3) is 11.4 Å². The first-order chi connectivity index (χ1) is 13.4. The van der Waals surface area contributed by atoms with Crippen molar-refractivity contribution in [2.75, 3.05) is 0 Å². The van der Waals surface area contributed by atoms with Gasteiger partial charge in [0.15, 0.2) is 0 Å². The van der Waals surface area contributed by atoms with E-state index in [1.807, 2.05) is 49.3 Å². The molecular formula is C23H18N4. The summed E-state index contributed by atoms with van der Waals surface area (Å²) in [6.07, 6.45) is 12.9. The maximum absolute atomic E-state index is 4.69. The van der Waals surface area contributed by atoms with Crippen molar-refractivity contribution >= 4 is 0 Å². The first-order valence-electron chi connectivity index (χ1n) is 9.06. The van der Waals surface area contributed by atoms with Gasteiger partial charge >= 0.3 is 0 Å². The molecule has 1 aliphatic rings. The Labute approximate surface area is 158 Å². The van der Waals surface area contributed by atoms with E-state index in [4.69, 9.17) is 9.97 Å². The molecule has 4 heteroatoms. The van der Waals surface area contributed by atoms with E-state index in [0.717, 1.165) is 24.2 Å². The van der Waals surface area contributed by atoms with E-state index < -0.39 is 0 Å². The Bertz CT molecular complexity index is 989. The molecule has 0 saturated heterocycles. The minimum atomic E-state index is -0.212. The standard InChI is InChI=1S/C23H18N4/c1-3-19-21(26-9-1)22-20(4-2-10-27-22)23(19,15-17-5-11-24-12-6-17)16-18-7-13-25-14-8-18/h1-14H,15-16H2. The van der Waals surface area contributed by atoms with Gasteiger partial charge in [-0.3, -0.25) is 19.9 Å². The van der Waals surface area contributed by atoms with Crippen molar-refractivity contribution in [3.63, 3.8) is 0 Å². The van der Waals surface area contributed by atoms with Crippen LogP contribution in [0.3, 0.4) is 0 Å². The normalized spacial score (nSPS) is 13.8. The van der Waals surface area contributed by atoms with Gasteiger partial charge in [0.1, 0.15) is 0 Å². The summed E-state index contributed by atoms with van der Waals surface area (Å²) in [5.74, 6) is 0. The zero-order valence-corrected chi connectivity index (χ0v) is 14.8. The fourth-order valence-corrected chi connectivity index (χ4v) is 4.25. The first-order valence-corrected chi connectivity index (χ1v) is 9.06. The summed E-state index contributed by atoms with van der Waals surface area (Å²) in [5, 5.41) is 0. The van der Waals surface area contributed by atoms with Gasteiger partial charge in [-0.05, 0) is 71.5 Å². The molecule has 0 atom stereocenters. The average Bonchev–Trinajstić information content (AvgIpc) is 3.00. The molecule has 130 valence electrons. The summed E-state index contributed by atoms with van der Waals surface area (Å²) in [7, 11) is 0. The molecule has 0 amide bonds. The molecule has 4 aromatic rings. The zero-order chi connectivity index (χ0) is 18.1. The molecule has 0 bridgehead atoms. The zero-order valence-electron chi connectivity index (χ0n) is 14.8. The molecule has 0 saturated carbocycles. The molecule has 4 heterocycles. The van der Waals surface area contributed by atoms with E-state index in [1.165, 1.54) is 22.3 Å². The second kappa shape index (κ2) is 6.40. The van der Waals surface area contributed by atoms with E-state index in [1.54, 1.807) is 0 Å². The van der Waals surface area contributed by atoms with Crippen molar-refractivity contribution in [2.45, 2.75) is 18.3 Å². The fourth-order valence-electron chi connectivity index (χ4n) is 4.25. The number of pyridine rings is 4. The van der Waals surface area contributed by atoms with Crippen molar-refractivity contribution < 1.29 is 0 Å². The minimum absolute atomic E-state index is 0.212. The number of hydrogen-bond acceptors (Lipinski definition) is 4. The predicted octanol–water partition coefficient (Wildman–Crippen LogP) is 4.02. The van der Waals surface area contributed by atoms with Crippen LogP contribution in [0, 0.1) is 0 Å². The highest BCUT2D eigenvalue weighted by Gasteiger charge is 2.44. The van der Waals surface area contributed by atoms with Gasteiger partial charge in [-0.15, -0.1) is 0 Å². The van der Waals surface area contributed by atoms with Crippen molar-refractivity contribution in [1.82, 2.24) is 19.9 Å². The summed E-state index contributed by atoms with van der Waals surface area (Å²) in [6, 6.07) is 16.8. The quantitative estimate of drug-likeness (QED) is 0.558. The molecule has 27 heavy (non-hydrogen) atoms. The summed E-state index contributed by atoms with van der Waals surface area (Å²) in [5.41, 5.74) is 6.78. The molecule has 0 fully saturated rings. The molecule has 5 rings (SSSR count). The number of aromatic nitrogens is 4. The SMILES string of the molecule is c1cnc2c(c1)C(Cc1ccncc1)(Cc1ccncc1)c1cccnc1-2. The van der Waals surface area contributed by atoms with Crippen molar-refractivity contribution in [2.24, 2.45) is 0 Å². The van der Waals surface area contributed by atoms with E-state index in [9.17, 15) is 0 Å². The predicted molar refractivity (Wildman–Crippen MR) is 104 cm³/mol. The van der Waals surface area contributed by atoms with Crippen LogP contribution in [0.15, 0.2) is 85.7 Å². The highest BCUT2D eigenvalue weighted by Crippen LogP contribution is 2.50. The lowest BCUT2D eigenvalue weighted by Gasteiger charge is -2.32. The molecule has 0 aliphatic heterocycles. The third-order valence-corrected chi connectivity index (χ3v) is 5.38. The average molecular weight is 350 g/mol. The Morgan fingerprint density at radius 3 is 1.44 bits per heavy atom. The van der Waals surface area contributed by atoms with E-state index in [0.29, 0.717) is 0 Å². The van der Waals surface area contributed by atoms with Gasteiger partial charge < -0.3 is 0 Å². The Morgan fingerprint density at radius 2 is 1.00 bits per heavy atom. The number of fused-ring (bicyclic) bond motifs is 3. The van der Waals surface area contributed by atoms with Crippen LogP contribution < -0.4 is 0 Å². The van der Waals surface area contributed by atoms with Crippen molar-refractivity contribution in [3.05, 3.63) is 108 Å². The van der Waals surface area contributed by atoms with Crippen LogP contribution in [-0.4, -0.2) is 19.9 Å². The molecule has 4 aromatic heterocycles. The minimum Gasteiger partial charge on any atom is -0.265 e. The van der Waals surface area contributed by atoms with Crippen LogP contribution in [0.5, 0.6) is 0 Å². The monoisotopic (exact) mass is 350 g/mol. The van der Waals surface area contributed by atoms with Crippen LogP contribution in [0.4, 0.5) is 0 Å². The van der Waals surface area contributed by atoms with Gasteiger partial charge in [-0.2, -0.15) is 0 Å². The van der Waals surface area contributed by atoms with Crippen LogP contribution in [0.2, 0.25) is 0 Å². The first kappa shape index (κ1) is 15.8. The largest absolute Gasteiger partial charge is 0.265 e. The van der Waals surface area contributed by atoms with E-state index in [2.05, 4.69) is 46.4 Å². The third-order valence-electron chi connectivity index (χ3n) is 5.38. The topological polar surface area (TPSA) is 51.6 Å². The van der Waals surface area contributed by atoms with E-state index in [-0.39, 0.29) is 5.41 Å². The Hall–Kier alpha value is -3.40. The molecule has 0 radical (unpaired) electrons. The highest BCUT2D eigenvalue weighted by molar-refractivity contribution is 5.75. The van der Waals surface area contributed by atoms with Gasteiger partial charge in [0.05, 0.1) is 11.4 Å². The molecule has 0 N–H and O–H groups in total. The Balaban J connectivity index is 1.75. The molecular weight excluding hydrogens is 332 g/mol. The smallest absolute Gasteiger partial charge is 0.0930 e. The molecule has 0 unspecified atom stereocenters. The van der Waals surface area contributed by atoms with Crippen molar-refractivity contribution in [1.29, 1.82) is 0 Å². The fraction of sp³-hybridized carbons (Fsp3) is 0.130. The second-order valence-corrected chi connectivity index (χ2v) is 6.95. The summed E-state index contributed by atoms with van der Waals surface area (Å²) < 4.78 is 0. The maximum Gasteiger partial charge on any atom is 0.0930 e. The summed E-state index contributed by atoms with van der Waals surface area (Å²) in [4.78, 5) is 17.7. The number of rotatable bonds is 4. The lowest BCUT2D eigenvalue weighted by molar-refractivity contribution is 0.518. The van der Waals surface area contributed by atoms with Gasteiger partial charge in [-0.1, -0.05) is 12.1 Å². The van der Waals surface area contributed by atoms with Gasteiger partial charge in [0, 0.05) is 42.6 Å². The Kier molecular flexibility index (Phi) is 3.75. The lowest BCUT2D eigenvalue weighted by Crippen LogP contribution is -2.31. The third kappa shape index (κ3) is 2.61. The van der Waals surface area contributed by atoms with Crippen molar-refractivity contribution in [3.8, 4) is 11.4 Å². The lowest BCUT2D eigenvalue weighted by atomic mass is 9.70. The van der Waals surface area contributed by atoms with Gasteiger partial charge in [0.25, 0.3) is 0 Å². The summed E-state index contributed by atoms with van der Waals surface area (Å²) in [6.45, 7) is 0. The van der Waals surface area contributed by atoms with E-state index >= 15 is 0 Å². The summed E-state index contributed by atoms with van der Waals surface area (Å²) >= 11 is 0. The van der Waals surface area contributed by atoms with Crippen LogP contribution in [-0.2, 0) is 18.3 Å².